The highest BCUT2D eigenvalue weighted by atomic mass is 16.9. The predicted octanol–water partition coefficient (Wildman–Crippen LogP) is 1.02. The van der Waals surface area contributed by atoms with Crippen LogP contribution in [0.4, 0.5) is 0 Å². The minimum absolute atomic E-state index is 0.686. The Hall–Kier alpha value is -2.12. The lowest BCUT2D eigenvalue weighted by molar-refractivity contribution is -0.299. The van der Waals surface area contributed by atoms with Gasteiger partial charge in [0.2, 0.25) is 0 Å². The smallest absolute Gasteiger partial charge is 0.414 e. The van der Waals surface area contributed by atoms with Gasteiger partial charge in [-0.15, -0.1) is 0 Å². The van der Waals surface area contributed by atoms with Gasteiger partial charge >= 0.3 is 11.9 Å². The van der Waals surface area contributed by atoms with Gasteiger partial charge in [0.1, 0.15) is 0 Å². The van der Waals surface area contributed by atoms with Crippen molar-refractivity contribution in [3.63, 3.8) is 0 Å². The largest absolute Gasteiger partial charge is 0.473 e. The van der Waals surface area contributed by atoms with E-state index >= 15 is 0 Å². The second-order valence-electron chi connectivity index (χ2n) is 2.85. The van der Waals surface area contributed by atoms with Gasteiger partial charge in [0.05, 0.1) is 13.7 Å². The molecule has 7 heteroatoms. The van der Waals surface area contributed by atoms with Crippen LogP contribution >= 0.6 is 0 Å². The van der Waals surface area contributed by atoms with Crippen molar-refractivity contribution < 1.29 is 29.5 Å². The second-order valence-corrected chi connectivity index (χ2v) is 2.85. The van der Waals surface area contributed by atoms with Gasteiger partial charge in [0, 0.05) is 0 Å². The standard InChI is InChI=1S/C9H13NO2.C2H2O4/c1-3-10(11-2)12-9-7-5-4-6-8-9;3-1(4)2(5)6/h4-8H,3H2,1-2H3;(H,3,4)(H,5,6). The number of hydroxylamine groups is 2. The summed E-state index contributed by atoms with van der Waals surface area (Å²) in [6, 6.07) is 9.52. The Morgan fingerprint density at radius 3 is 2.00 bits per heavy atom. The molecule has 7 nitrogen and oxygen atoms in total. The third-order valence-corrected chi connectivity index (χ3v) is 1.60. The van der Waals surface area contributed by atoms with E-state index in [9.17, 15) is 0 Å². The number of nitrogens with zero attached hydrogens (tertiary/aromatic N) is 1. The Morgan fingerprint density at radius 2 is 1.67 bits per heavy atom. The maximum atomic E-state index is 9.10. The zero-order chi connectivity index (χ0) is 14.0. The Morgan fingerprint density at radius 1 is 1.17 bits per heavy atom. The number of hydrogen-bond donors (Lipinski definition) is 2. The quantitative estimate of drug-likeness (QED) is 0.614. The lowest BCUT2D eigenvalue weighted by atomic mass is 10.3. The molecule has 0 bridgehead atoms. The van der Waals surface area contributed by atoms with Crippen molar-refractivity contribution in [2.24, 2.45) is 0 Å². The average molecular weight is 257 g/mol. The minimum atomic E-state index is -1.82. The van der Waals surface area contributed by atoms with Crippen LogP contribution in [-0.4, -0.2) is 41.0 Å². The molecule has 1 aromatic rings. The third-order valence-electron chi connectivity index (χ3n) is 1.60. The number of para-hydroxylation sites is 1. The molecule has 0 unspecified atom stereocenters. The maximum absolute atomic E-state index is 9.10. The van der Waals surface area contributed by atoms with Gasteiger partial charge in [0.15, 0.2) is 5.75 Å². The molecule has 18 heavy (non-hydrogen) atoms. The molecule has 0 atom stereocenters. The van der Waals surface area contributed by atoms with Gasteiger partial charge in [-0.1, -0.05) is 18.2 Å². The molecule has 0 aliphatic heterocycles. The number of aliphatic carboxylic acids is 2. The number of rotatable bonds is 4. The molecule has 1 aromatic carbocycles. The molecule has 1 rings (SSSR count). The van der Waals surface area contributed by atoms with E-state index in [1.807, 2.05) is 37.3 Å². The molecule has 0 amide bonds. The molecule has 2 N–H and O–H groups in total. The number of carboxylic acid groups (broad SMARTS) is 2. The molecular formula is C11H15NO6. The summed E-state index contributed by atoms with van der Waals surface area (Å²) in [5.74, 6) is -2.87. The van der Waals surface area contributed by atoms with Crippen LogP contribution in [0, 0.1) is 0 Å². The lowest BCUT2D eigenvalue weighted by Gasteiger charge is -2.16. The first-order valence-electron chi connectivity index (χ1n) is 5.02. The third kappa shape index (κ3) is 7.20. The van der Waals surface area contributed by atoms with Crippen LogP contribution in [0.25, 0.3) is 0 Å². The van der Waals surface area contributed by atoms with Crippen molar-refractivity contribution in [2.45, 2.75) is 6.92 Å². The summed E-state index contributed by atoms with van der Waals surface area (Å²) >= 11 is 0. The molecule has 0 fully saturated rings. The minimum Gasteiger partial charge on any atom is -0.473 e. The fraction of sp³-hybridized carbons (Fsp3) is 0.273. The first kappa shape index (κ1) is 15.9. The normalized spacial score (nSPS) is 9.28. The van der Waals surface area contributed by atoms with E-state index in [4.69, 9.17) is 29.5 Å². The molecule has 100 valence electrons. The summed E-state index contributed by atoms with van der Waals surface area (Å²) in [5.41, 5.74) is 0. The van der Waals surface area contributed by atoms with Gasteiger partial charge in [-0.2, -0.15) is 0 Å². The molecule has 0 spiro atoms. The van der Waals surface area contributed by atoms with E-state index in [2.05, 4.69) is 0 Å². The molecule has 0 aliphatic rings. The average Bonchev–Trinajstić information content (AvgIpc) is 2.37. The van der Waals surface area contributed by atoms with Crippen LogP contribution in [0.3, 0.4) is 0 Å². The fourth-order valence-electron chi connectivity index (χ4n) is 0.830. The van der Waals surface area contributed by atoms with Crippen molar-refractivity contribution in [1.82, 2.24) is 5.23 Å². The number of carbonyl (C=O) groups is 2. The van der Waals surface area contributed by atoms with E-state index in [0.717, 1.165) is 5.75 Å². The van der Waals surface area contributed by atoms with Crippen LogP contribution in [0.15, 0.2) is 30.3 Å². The van der Waals surface area contributed by atoms with Gasteiger partial charge in [-0.3, -0.25) is 4.84 Å². The van der Waals surface area contributed by atoms with Crippen LogP contribution in [-0.2, 0) is 14.4 Å². The zero-order valence-electron chi connectivity index (χ0n) is 10.1. The Labute approximate surface area is 104 Å². The second kappa shape index (κ2) is 8.97. The van der Waals surface area contributed by atoms with E-state index in [-0.39, 0.29) is 0 Å². The SMILES string of the molecule is CCN(OC)Oc1ccccc1.O=C(O)C(=O)O. The highest BCUT2D eigenvalue weighted by Crippen LogP contribution is 2.09. The molecule has 0 aliphatic carbocycles. The summed E-state index contributed by atoms with van der Waals surface area (Å²) in [5, 5.41) is 16.2. The number of hydrogen-bond acceptors (Lipinski definition) is 5. The summed E-state index contributed by atoms with van der Waals surface area (Å²) < 4.78 is 0. The topological polar surface area (TPSA) is 96.3 Å². The lowest BCUT2D eigenvalue weighted by Crippen LogP contribution is -2.25. The van der Waals surface area contributed by atoms with Crippen LogP contribution in [0.1, 0.15) is 6.92 Å². The first-order chi connectivity index (χ1) is 8.51. The van der Waals surface area contributed by atoms with E-state index in [0.29, 0.717) is 6.54 Å². The highest BCUT2D eigenvalue weighted by molar-refractivity contribution is 6.27. The van der Waals surface area contributed by atoms with E-state index in [1.54, 1.807) is 7.11 Å². The molecule has 0 radical (unpaired) electrons. The van der Waals surface area contributed by atoms with Crippen molar-refractivity contribution in [1.29, 1.82) is 0 Å². The highest BCUT2D eigenvalue weighted by Gasteiger charge is 2.04. The summed E-state index contributed by atoms with van der Waals surface area (Å²) in [6.45, 7) is 2.64. The van der Waals surface area contributed by atoms with Crippen LogP contribution in [0.5, 0.6) is 5.75 Å². The molecule has 0 heterocycles. The first-order valence-corrected chi connectivity index (χ1v) is 5.02. The molecular weight excluding hydrogens is 242 g/mol. The van der Waals surface area contributed by atoms with Gasteiger partial charge in [0.25, 0.3) is 0 Å². The number of carboxylic acids is 2. The molecule has 0 saturated carbocycles. The Balaban J connectivity index is 0.000000411. The van der Waals surface area contributed by atoms with Gasteiger partial charge in [-0.05, 0) is 24.3 Å². The summed E-state index contributed by atoms with van der Waals surface area (Å²) in [7, 11) is 1.58. The number of benzene rings is 1. The van der Waals surface area contributed by atoms with Crippen LogP contribution in [0.2, 0.25) is 0 Å². The Bertz CT molecular complexity index is 351. The van der Waals surface area contributed by atoms with Gasteiger partial charge in [-0.25, -0.2) is 9.59 Å². The summed E-state index contributed by atoms with van der Waals surface area (Å²) in [4.78, 5) is 28.4. The monoisotopic (exact) mass is 257 g/mol. The molecule has 0 aromatic heterocycles. The van der Waals surface area contributed by atoms with Crippen LogP contribution < -0.4 is 4.84 Å². The van der Waals surface area contributed by atoms with Crippen molar-refractivity contribution in [3.8, 4) is 5.75 Å². The van der Waals surface area contributed by atoms with E-state index < -0.39 is 11.9 Å². The van der Waals surface area contributed by atoms with Crippen molar-refractivity contribution >= 4 is 11.9 Å². The fourth-order valence-corrected chi connectivity index (χ4v) is 0.830. The van der Waals surface area contributed by atoms with Gasteiger partial charge < -0.3 is 15.1 Å². The van der Waals surface area contributed by atoms with Crippen molar-refractivity contribution in [2.75, 3.05) is 13.7 Å². The Kier molecular flexibility index (Phi) is 7.91. The van der Waals surface area contributed by atoms with E-state index in [1.165, 1.54) is 5.23 Å². The zero-order valence-corrected chi connectivity index (χ0v) is 10.1. The molecule has 0 saturated heterocycles. The predicted molar refractivity (Wildman–Crippen MR) is 61.7 cm³/mol. The van der Waals surface area contributed by atoms with Crippen molar-refractivity contribution in [3.05, 3.63) is 30.3 Å². The summed E-state index contributed by atoms with van der Waals surface area (Å²) in [6.07, 6.45) is 0. The maximum Gasteiger partial charge on any atom is 0.414 e.